The smallest absolute Gasteiger partial charge is 0.254 e. The highest BCUT2D eigenvalue weighted by Gasteiger charge is 2.34. The third kappa shape index (κ3) is 2.02. The number of aliphatic hydroxyl groups is 1. The lowest BCUT2D eigenvalue weighted by Crippen LogP contribution is -2.47. The Morgan fingerprint density at radius 2 is 2.47 bits per heavy atom. The zero-order chi connectivity index (χ0) is 10.9. The van der Waals surface area contributed by atoms with E-state index in [0.29, 0.717) is 12.1 Å². The Hall–Kier alpha value is -1.36. The van der Waals surface area contributed by atoms with Gasteiger partial charge in [0.15, 0.2) is 0 Å². The number of aromatic nitrogens is 2. The Morgan fingerprint density at radius 1 is 1.73 bits per heavy atom. The molecular formula is C10H15N3O2. The van der Waals surface area contributed by atoms with Gasteiger partial charge in [-0.15, -0.1) is 0 Å². The molecule has 1 heterocycles. The predicted octanol–water partition coefficient (Wildman–Crippen LogP) is 0.363. The Kier molecular flexibility index (Phi) is 2.48. The monoisotopic (exact) mass is 209 g/mol. The molecule has 2 rings (SSSR count). The summed E-state index contributed by atoms with van der Waals surface area (Å²) in [6, 6.07) is 0. The van der Waals surface area contributed by atoms with Gasteiger partial charge in [0.05, 0.1) is 17.4 Å². The molecule has 1 aromatic heterocycles. The van der Waals surface area contributed by atoms with E-state index in [9.17, 15) is 9.90 Å². The lowest BCUT2D eigenvalue weighted by atomic mass is 9.80. The van der Waals surface area contributed by atoms with Gasteiger partial charge < -0.3 is 10.4 Å². The normalized spacial score (nSPS) is 18.3. The summed E-state index contributed by atoms with van der Waals surface area (Å²) in [5, 5.41) is 19.0. The fourth-order valence-electron chi connectivity index (χ4n) is 1.68. The molecule has 5 nitrogen and oxygen atoms in total. The van der Waals surface area contributed by atoms with E-state index < -0.39 is 5.60 Å². The van der Waals surface area contributed by atoms with Crippen LogP contribution in [-0.2, 0) is 0 Å². The van der Waals surface area contributed by atoms with Crippen LogP contribution in [0.5, 0.6) is 0 Å². The summed E-state index contributed by atoms with van der Waals surface area (Å²) >= 11 is 0. The molecule has 82 valence electrons. The van der Waals surface area contributed by atoms with E-state index in [0.717, 1.165) is 25.0 Å². The second-order valence-corrected chi connectivity index (χ2v) is 4.17. The first kappa shape index (κ1) is 10.2. The maximum atomic E-state index is 11.6. The van der Waals surface area contributed by atoms with E-state index in [1.807, 2.05) is 0 Å². The van der Waals surface area contributed by atoms with Crippen molar-refractivity contribution in [2.75, 3.05) is 6.54 Å². The van der Waals surface area contributed by atoms with Crippen molar-refractivity contribution in [2.24, 2.45) is 0 Å². The lowest BCUT2D eigenvalue weighted by Gasteiger charge is -2.36. The number of H-pyrrole nitrogens is 1. The number of hydrogen-bond acceptors (Lipinski definition) is 3. The Morgan fingerprint density at radius 3 is 2.93 bits per heavy atom. The van der Waals surface area contributed by atoms with Gasteiger partial charge in [0.25, 0.3) is 5.91 Å². The maximum Gasteiger partial charge on any atom is 0.254 e. The number of aryl methyl sites for hydroxylation is 1. The first-order chi connectivity index (χ1) is 7.11. The minimum absolute atomic E-state index is 0.179. The van der Waals surface area contributed by atoms with E-state index in [2.05, 4.69) is 15.5 Å². The molecule has 1 aliphatic carbocycles. The number of carbonyl (C=O) groups excluding carboxylic acids is 1. The topological polar surface area (TPSA) is 78.0 Å². The molecular weight excluding hydrogens is 194 g/mol. The zero-order valence-corrected chi connectivity index (χ0v) is 8.71. The maximum absolute atomic E-state index is 11.6. The van der Waals surface area contributed by atoms with E-state index in [4.69, 9.17) is 0 Å². The third-order valence-electron chi connectivity index (χ3n) is 2.94. The number of nitrogens with zero attached hydrogens (tertiary/aromatic N) is 1. The fourth-order valence-corrected chi connectivity index (χ4v) is 1.68. The number of aromatic amines is 1. The molecule has 0 radical (unpaired) electrons. The van der Waals surface area contributed by atoms with Crippen molar-refractivity contribution in [3.05, 3.63) is 17.5 Å². The largest absolute Gasteiger partial charge is 0.388 e. The van der Waals surface area contributed by atoms with Crippen LogP contribution in [0, 0.1) is 6.92 Å². The molecule has 0 aliphatic heterocycles. The van der Waals surface area contributed by atoms with Gasteiger partial charge in [0.1, 0.15) is 0 Å². The Balaban J connectivity index is 1.90. The molecule has 0 atom stereocenters. The quantitative estimate of drug-likeness (QED) is 0.672. The van der Waals surface area contributed by atoms with Crippen molar-refractivity contribution in [1.82, 2.24) is 15.5 Å². The van der Waals surface area contributed by atoms with Crippen molar-refractivity contribution in [3.8, 4) is 0 Å². The van der Waals surface area contributed by atoms with Gasteiger partial charge in [-0.25, -0.2) is 0 Å². The molecule has 15 heavy (non-hydrogen) atoms. The highest BCUT2D eigenvalue weighted by molar-refractivity contribution is 5.94. The van der Waals surface area contributed by atoms with Crippen LogP contribution < -0.4 is 5.32 Å². The predicted molar refractivity (Wildman–Crippen MR) is 54.5 cm³/mol. The number of carbonyl (C=O) groups is 1. The molecule has 0 bridgehead atoms. The minimum Gasteiger partial charge on any atom is -0.388 e. The van der Waals surface area contributed by atoms with Gasteiger partial charge in [0.2, 0.25) is 0 Å². The Bertz CT molecular complexity index is 368. The van der Waals surface area contributed by atoms with Crippen molar-refractivity contribution in [3.63, 3.8) is 0 Å². The van der Waals surface area contributed by atoms with Crippen molar-refractivity contribution >= 4 is 5.91 Å². The number of amides is 1. The summed E-state index contributed by atoms with van der Waals surface area (Å²) in [5.41, 5.74) is 0.610. The van der Waals surface area contributed by atoms with Gasteiger partial charge in [-0.3, -0.25) is 9.89 Å². The van der Waals surface area contributed by atoms with E-state index in [1.54, 1.807) is 6.92 Å². The first-order valence-corrected chi connectivity index (χ1v) is 5.11. The van der Waals surface area contributed by atoms with Crippen LogP contribution >= 0.6 is 0 Å². The van der Waals surface area contributed by atoms with Gasteiger partial charge in [0, 0.05) is 12.2 Å². The van der Waals surface area contributed by atoms with Crippen molar-refractivity contribution in [1.29, 1.82) is 0 Å². The molecule has 1 saturated carbocycles. The molecule has 1 aromatic rings. The second kappa shape index (κ2) is 3.66. The van der Waals surface area contributed by atoms with Gasteiger partial charge in [-0.2, -0.15) is 5.10 Å². The van der Waals surface area contributed by atoms with Gasteiger partial charge in [-0.1, -0.05) is 0 Å². The minimum atomic E-state index is -0.673. The molecule has 1 fully saturated rings. The summed E-state index contributed by atoms with van der Waals surface area (Å²) < 4.78 is 0. The van der Waals surface area contributed by atoms with Crippen LogP contribution in [0.2, 0.25) is 0 Å². The van der Waals surface area contributed by atoms with Gasteiger partial charge >= 0.3 is 0 Å². The van der Waals surface area contributed by atoms with Gasteiger partial charge in [-0.05, 0) is 26.2 Å². The van der Waals surface area contributed by atoms with Crippen molar-refractivity contribution < 1.29 is 9.90 Å². The van der Waals surface area contributed by atoms with E-state index in [1.165, 1.54) is 6.20 Å². The van der Waals surface area contributed by atoms with Crippen LogP contribution in [0.3, 0.4) is 0 Å². The van der Waals surface area contributed by atoms with E-state index in [-0.39, 0.29) is 5.91 Å². The summed E-state index contributed by atoms with van der Waals surface area (Å²) in [7, 11) is 0. The third-order valence-corrected chi connectivity index (χ3v) is 2.94. The average molecular weight is 209 g/mol. The Labute approximate surface area is 87.9 Å². The molecule has 0 saturated heterocycles. The highest BCUT2D eigenvalue weighted by atomic mass is 16.3. The summed E-state index contributed by atoms with van der Waals surface area (Å²) in [4.78, 5) is 11.6. The van der Waals surface area contributed by atoms with Crippen LogP contribution in [0.25, 0.3) is 0 Å². The van der Waals surface area contributed by atoms with Crippen LogP contribution in [0.1, 0.15) is 35.3 Å². The molecule has 5 heteroatoms. The number of nitrogens with one attached hydrogen (secondary N) is 2. The van der Waals surface area contributed by atoms with Crippen LogP contribution in [0.15, 0.2) is 6.20 Å². The van der Waals surface area contributed by atoms with E-state index >= 15 is 0 Å². The summed E-state index contributed by atoms with van der Waals surface area (Å²) in [6.45, 7) is 2.12. The van der Waals surface area contributed by atoms with Crippen LogP contribution in [-0.4, -0.2) is 33.4 Å². The second-order valence-electron chi connectivity index (χ2n) is 4.17. The number of hydrogen-bond donors (Lipinski definition) is 3. The fraction of sp³-hybridized carbons (Fsp3) is 0.600. The summed E-state index contributed by atoms with van der Waals surface area (Å²) in [5.74, 6) is -0.179. The average Bonchev–Trinajstić information content (AvgIpc) is 2.58. The first-order valence-electron chi connectivity index (χ1n) is 5.11. The molecule has 3 N–H and O–H groups in total. The molecule has 1 amide bonds. The SMILES string of the molecule is Cc1[nH]ncc1C(=O)NCC1(O)CCC1. The molecule has 0 unspecified atom stereocenters. The molecule has 0 aromatic carbocycles. The zero-order valence-electron chi connectivity index (χ0n) is 8.71. The molecule has 1 aliphatic rings. The number of rotatable bonds is 3. The van der Waals surface area contributed by atoms with Crippen LogP contribution in [0.4, 0.5) is 0 Å². The summed E-state index contributed by atoms with van der Waals surface area (Å²) in [6.07, 6.45) is 4.09. The van der Waals surface area contributed by atoms with Crippen molar-refractivity contribution in [2.45, 2.75) is 31.8 Å². The molecule has 0 spiro atoms. The lowest BCUT2D eigenvalue weighted by molar-refractivity contribution is -0.0300. The highest BCUT2D eigenvalue weighted by Crippen LogP contribution is 2.30. The standard InChI is InChI=1S/C10H15N3O2/c1-7-8(5-12-13-7)9(14)11-6-10(15)3-2-4-10/h5,15H,2-4,6H2,1H3,(H,11,14)(H,12,13).